The van der Waals surface area contributed by atoms with E-state index in [9.17, 15) is 9.59 Å². The van der Waals surface area contributed by atoms with Crippen LogP contribution in [0.5, 0.6) is 0 Å². The highest BCUT2D eigenvalue weighted by atomic mass is 35.5. The number of benzene rings is 1. The number of halogens is 1. The highest BCUT2D eigenvalue weighted by Crippen LogP contribution is 2.12. The summed E-state index contributed by atoms with van der Waals surface area (Å²) in [5.74, 6) is -2.46. The van der Waals surface area contributed by atoms with Crippen LogP contribution in [0.25, 0.3) is 6.08 Å². The van der Waals surface area contributed by atoms with Crippen molar-refractivity contribution >= 4 is 35.2 Å². The molecule has 6 heteroatoms. The van der Waals surface area contributed by atoms with Gasteiger partial charge in [-0.3, -0.25) is 9.59 Å². The van der Waals surface area contributed by atoms with Crippen LogP contribution in [-0.2, 0) is 9.59 Å². The summed E-state index contributed by atoms with van der Waals surface area (Å²) in [5.41, 5.74) is 0.740. The highest BCUT2D eigenvalue weighted by molar-refractivity contribution is 6.30. The Labute approximate surface area is 138 Å². The number of nitrogens with zero attached hydrogens (tertiary/aromatic N) is 2. The summed E-state index contributed by atoms with van der Waals surface area (Å²) < 4.78 is 0. The van der Waals surface area contributed by atoms with Crippen LogP contribution in [0.1, 0.15) is 5.56 Å². The Bertz CT molecular complexity index is 765. The minimum atomic E-state index is -1.43. The zero-order valence-electron chi connectivity index (χ0n) is 11.9. The van der Waals surface area contributed by atoms with Crippen molar-refractivity contribution in [3.05, 3.63) is 65.3 Å². The first-order valence-corrected chi connectivity index (χ1v) is 7.07. The molecule has 0 saturated heterocycles. The lowest BCUT2D eigenvalue weighted by Gasteiger charge is -2.06. The number of anilines is 1. The van der Waals surface area contributed by atoms with E-state index in [-0.39, 0.29) is 5.82 Å². The number of ketones is 1. The van der Waals surface area contributed by atoms with E-state index in [4.69, 9.17) is 16.9 Å². The molecule has 0 aliphatic carbocycles. The van der Waals surface area contributed by atoms with Crippen LogP contribution in [-0.4, -0.2) is 16.7 Å². The number of amides is 1. The third-order valence-corrected chi connectivity index (χ3v) is 3.15. The number of carbonyl (C=O) groups is 2. The second-order valence-electron chi connectivity index (χ2n) is 4.55. The minimum Gasteiger partial charge on any atom is -0.309 e. The average molecular weight is 326 g/mol. The van der Waals surface area contributed by atoms with Crippen molar-refractivity contribution < 1.29 is 9.59 Å². The molecular formula is C17H12ClN3O2. The van der Waals surface area contributed by atoms with Crippen molar-refractivity contribution in [2.75, 3.05) is 5.32 Å². The summed E-state index contributed by atoms with van der Waals surface area (Å²) in [4.78, 5) is 27.9. The fourth-order valence-electron chi connectivity index (χ4n) is 1.74. The van der Waals surface area contributed by atoms with Gasteiger partial charge in [0.25, 0.3) is 5.91 Å². The molecule has 23 heavy (non-hydrogen) atoms. The van der Waals surface area contributed by atoms with E-state index in [2.05, 4.69) is 10.3 Å². The molecule has 0 bridgehead atoms. The molecule has 1 heterocycles. The molecular weight excluding hydrogens is 314 g/mol. The van der Waals surface area contributed by atoms with Gasteiger partial charge < -0.3 is 5.32 Å². The first kappa shape index (κ1) is 16.4. The molecule has 5 nitrogen and oxygen atoms in total. The van der Waals surface area contributed by atoms with E-state index in [1.54, 1.807) is 48.5 Å². The van der Waals surface area contributed by atoms with Gasteiger partial charge in [0.05, 0.1) is 6.07 Å². The smallest absolute Gasteiger partial charge is 0.250 e. The first-order chi connectivity index (χ1) is 11.1. The molecule has 114 valence electrons. The topological polar surface area (TPSA) is 82.8 Å². The number of hydrogen-bond acceptors (Lipinski definition) is 4. The Hall–Kier alpha value is -2.97. The Morgan fingerprint density at radius 1 is 1.22 bits per heavy atom. The third-order valence-electron chi connectivity index (χ3n) is 2.90. The predicted molar refractivity (Wildman–Crippen MR) is 87.5 cm³/mol. The maximum atomic E-state index is 12.0. The summed E-state index contributed by atoms with van der Waals surface area (Å²) in [6, 6.07) is 13.5. The first-order valence-electron chi connectivity index (χ1n) is 6.69. The number of rotatable bonds is 5. The van der Waals surface area contributed by atoms with E-state index < -0.39 is 17.6 Å². The van der Waals surface area contributed by atoms with Gasteiger partial charge in [0.15, 0.2) is 11.7 Å². The molecule has 0 fully saturated rings. The number of pyridine rings is 1. The molecule has 0 spiro atoms. The summed E-state index contributed by atoms with van der Waals surface area (Å²) in [7, 11) is 0. The molecule has 0 saturated carbocycles. The molecule has 1 N–H and O–H groups in total. The van der Waals surface area contributed by atoms with Gasteiger partial charge in [-0.15, -0.1) is 0 Å². The van der Waals surface area contributed by atoms with E-state index in [1.165, 1.54) is 18.3 Å². The van der Waals surface area contributed by atoms with Crippen molar-refractivity contribution in [3.8, 4) is 6.07 Å². The molecule has 1 aromatic heterocycles. The SMILES string of the molecule is N#C[C@@H](C(=O)/C=C\c1ccc(Cl)cc1)C(=O)Nc1ccccn1. The summed E-state index contributed by atoms with van der Waals surface area (Å²) in [6.45, 7) is 0. The average Bonchev–Trinajstić information content (AvgIpc) is 2.56. The number of nitriles is 1. The lowest BCUT2D eigenvalue weighted by Crippen LogP contribution is -2.27. The summed E-state index contributed by atoms with van der Waals surface area (Å²) >= 11 is 5.77. The van der Waals surface area contributed by atoms with E-state index in [0.717, 1.165) is 5.56 Å². The van der Waals surface area contributed by atoms with Gasteiger partial charge in [-0.05, 0) is 35.9 Å². The van der Waals surface area contributed by atoms with Crippen molar-refractivity contribution in [1.29, 1.82) is 5.26 Å². The standard InChI is InChI=1S/C17H12ClN3O2/c18-13-7-4-12(5-8-13)6-9-15(22)14(11-19)17(23)21-16-3-1-2-10-20-16/h1-10,14H,(H,20,21,23)/b9-6-/t14-/m0/s1. The van der Waals surface area contributed by atoms with Crippen LogP contribution in [0, 0.1) is 17.2 Å². The van der Waals surface area contributed by atoms with E-state index >= 15 is 0 Å². The molecule has 1 aromatic carbocycles. The van der Waals surface area contributed by atoms with Gasteiger partial charge in [-0.2, -0.15) is 5.26 Å². The van der Waals surface area contributed by atoms with Gasteiger partial charge in [0.2, 0.25) is 0 Å². The number of carbonyl (C=O) groups excluding carboxylic acids is 2. The summed E-state index contributed by atoms with van der Waals surface area (Å²) in [6.07, 6.45) is 4.23. The molecule has 2 aromatic rings. The molecule has 0 aliphatic rings. The fourth-order valence-corrected chi connectivity index (χ4v) is 1.86. The maximum Gasteiger partial charge on any atom is 0.250 e. The number of allylic oxidation sites excluding steroid dienone is 1. The van der Waals surface area contributed by atoms with Crippen LogP contribution >= 0.6 is 11.6 Å². The van der Waals surface area contributed by atoms with Gasteiger partial charge in [0, 0.05) is 11.2 Å². The number of nitrogens with one attached hydrogen (secondary N) is 1. The second kappa shape index (κ2) is 7.87. The van der Waals surface area contributed by atoms with Gasteiger partial charge in [-0.25, -0.2) is 4.98 Å². The van der Waals surface area contributed by atoms with Crippen LogP contribution in [0.2, 0.25) is 5.02 Å². The quantitative estimate of drug-likeness (QED) is 0.676. The third kappa shape index (κ3) is 4.77. The Balaban J connectivity index is 2.05. The zero-order chi connectivity index (χ0) is 16.7. The highest BCUT2D eigenvalue weighted by Gasteiger charge is 2.24. The van der Waals surface area contributed by atoms with Crippen LogP contribution in [0.4, 0.5) is 5.82 Å². The lowest BCUT2D eigenvalue weighted by molar-refractivity contribution is -0.126. The summed E-state index contributed by atoms with van der Waals surface area (Å²) in [5, 5.41) is 12.1. The van der Waals surface area contributed by atoms with Gasteiger partial charge >= 0.3 is 0 Å². The lowest BCUT2D eigenvalue weighted by atomic mass is 10.0. The largest absolute Gasteiger partial charge is 0.309 e. The predicted octanol–water partition coefficient (Wildman–Crippen LogP) is 3.10. The van der Waals surface area contributed by atoms with Crippen molar-refractivity contribution in [2.45, 2.75) is 0 Å². The van der Waals surface area contributed by atoms with Crippen molar-refractivity contribution in [1.82, 2.24) is 4.98 Å². The number of aromatic nitrogens is 1. The molecule has 2 rings (SSSR count). The molecule has 0 radical (unpaired) electrons. The molecule has 0 unspecified atom stereocenters. The molecule has 1 atom stereocenters. The van der Waals surface area contributed by atoms with E-state index in [1.807, 2.05) is 0 Å². The maximum absolute atomic E-state index is 12.0. The minimum absolute atomic E-state index is 0.284. The fraction of sp³-hybridized carbons (Fsp3) is 0.0588. The Kier molecular flexibility index (Phi) is 5.61. The zero-order valence-corrected chi connectivity index (χ0v) is 12.7. The van der Waals surface area contributed by atoms with Crippen LogP contribution in [0.3, 0.4) is 0 Å². The van der Waals surface area contributed by atoms with Crippen LogP contribution < -0.4 is 5.32 Å². The molecule has 0 aliphatic heterocycles. The molecule has 1 amide bonds. The van der Waals surface area contributed by atoms with Crippen molar-refractivity contribution in [2.24, 2.45) is 5.92 Å². The van der Waals surface area contributed by atoms with Gasteiger partial charge in [-0.1, -0.05) is 35.9 Å². The Morgan fingerprint density at radius 2 is 1.96 bits per heavy atom. The van der Waals surface area contributed by atoms with E-state index in [0.29, 0.717) is 5.02 Å². The van der Waals surface area contributed by atoms with Crippen molar-refractivity contribution in [3.63, 3.8) is 0 Å². The van der Waals surface area contributed by atoms with Gasteiger partial charge in [0.1, 0.15) is 5.82 Å². The number of hydrogen-bond donors (Lipinski definition) is 1. The Morgan fingerprint density at radius 3 is 2.57 bits per heavy atom. The monoisotopic (exact) mass is 325 g/mol. The normalized spacial score (nSPS) is 11.7. The second-order valence-corrected chi connectivity index (χ2v) is 4.99. The van der Waals surface area contributed by atoms with Crippen LogP contribution in [0.15, 0.2) is 54.7 Å².